The van der Waals surface area contributed by atoms with Crippen molar-refractivity contribution in [3.63, 3.8) is 0 Å². The van der Waals surface area contributed by atoms with Crippen LogP contribution in [0.2, 0.25) is 0 Å². The topological polar surface area (TPSA) is 90.3 Å². The number of rotatable bonds is 10. The van der Waals surface area contributed by atoms with Crippen LogP contribution in [0, 0.1) is 5.92 Å². The number of alkyl halides is 1. The molecule has 2 aromatic rings. The zero-order valence-electron chi connectivity index (χ0n) is 22.3. The summed E-state index contributed by atoms with van der Waals surface area (Å²) in [6, 6.07) is 13.6. The maximum atomic E-state index is 14.7. The van der Waals surface area contributed by atoms with Gasteiger partial charge in [0.1, 0.15) is 17.5 Å². The van der Waals surface area contributed by atoms with Crippen LogP contribution in [-0.2, 0) is 4.79 Å². The number of halogens is 1. The molecule has 0 aliphatic carbocycles. The van der Waals surface area contributed by atoms with Crippen molar-refractivity contribution in [1.29, 1.82) is 0 Å². The Hall–Kier alpha value is -2.97. The number of carboxylic acid groups (broad SMARTS) is 1. The van der Waals surface area contributed by atoms with Gasteiger partial charge < -0.3 is 24.7 Å². The van der Waals surface area contributed by atoms with Gasteiger partial charge in [-0.2, -0.15) is 0 Å². The molecule has 0 aromatic heterocycles. The molecule has 2 saturated heterocycles. The van der Waals surface area contributed by atoms with Crippen LogP contribution in [-0.4, -0.2) is 82.5 Å². The number of carbonyl (C=O) groups is 2. The minimum atomic E-state index is -1.11. The highest BCUT2D eigenvalue weighted by atomic mass is 19.1. The van der Waals surface area contributed by atoms with Crippen LogP contribution in [0.4, 0.5) is 4.39 Å². The van der Waals surface area contributed by atoms with Crippen LogP contribution in [0.3, 0.4) is 0 Å². The number of hydrogen-bond donors (Lipinski definition) is 2. The first kappa shape index (κ1) is 28.0. The van der Waals surface area contributed by atoms with E-state index in [1.807, 2.05) is 50.2 Å². The number of ether oxygens (including phenoxy) is 1. The van der Waals surface area contributed by atoms with Crippen molar-refractivity contribution >= 4 is 11.9 Å². The molecule has 4 rings (SSSR count). The summed E-state index contributed by atoms with van der Waals surface area (Å²) in [7, 11) is 0. The van der Waals surface area contributed by atoms with Crippen molar-refractivity contribution in [1.82, 2.24) is 9.80 Å². The molecule has 2 aromatic carbocycles. The van der Waals surface area contributed by atoms with Crippen LogP contribution in [0.15, 0.2) is 48.5 Å². The third-order valence-electron chi connectivity index (χ3n) is 8.11. The first-order chi connectivity index (χ1) is 18.2. The second-order valence-corrected chi connectivity index (χ2v) is 10.7. The highest BCUT2D eigenvalue weighted by Crippen LogP contribution is 2.30. The molecule has 0 unspecified atom stereocenters. The number of amides is 1. The van der Waals surface area contributed by atoms with Crippen LogP contribution < -0.4 is 4.74 Å². The summed E-state index contributed by atoms with van der Waals surface area (Å²) < 4.78 is 20.8. The summed E-state index contributed by atoms with van der Waals surface area (Å²) >= 11 is 0. The molecule has 2 heterocycles. The largest absolute Gasteiger partial charge is 0.493 e. The lowest BCUT2D eigenvalue weighted by atomic mass is 9.94. The van der Waals surface area contributed by atoms with Crippen LogP contribution in [0.25, 0.3) is 11.1 Å². The van der Waals surface area contributed by atoms with Gasteiger partial charge in [0.25, 0.3) is 5.91 Å². The van der Waals surface area contributed by atoms with Crippen molar-refractivity contribution in [2.24, 2.45) is 5.92 Å². The van der Waals surface area contributed by atoms with E-state index in [4.69, 9.17) is 4.74 Å². The second kappa shape index (κ2) is 12.3. The molecular weight excluding hydrogens is 487 g/mol. The van der Waals surface area contributed by atoms with E-state index in [0.29, 0.717) is 43.0 Å². The van der Waals surface area contributed by atoms with Gasteiger partial charge in [0, 0.05) is 25.1 Å². The highest BCUT2D eigenvalue weighted by molar-refractivity contribution is 6.02. The van der Waals surface area contributed by atoms with Crippen molar-refractivity contribution in [3.05, 3.63) is 54.1 Å². The maximum Gasteiger partial charge on any atom is 0.326 e. The van der Waals surface area contributed by atoms with Gasteiger partial charge in [-0.3, -0.25) is 4.79 Å². The van der Waals surface area contributed by atoms with Crippen molar-refractivity contribution in [2.45, 2.75) is 63.8 Å². The minimum absolute atomic E-state index is 0.00168. The van der Waals surface area contributed by atoms with Gasteiger partial charge in [0.2, 0.25) is 0 Å². The van der Waals surface area contributed by atoms with Gasteiger partial charge in [-0.1, -0.05) is 44.2 Å². The van der Waals surface area contributed by atoms with Crippen molar-refractivity contribution < 1.29 is 28.9 Å². The summed E-state index contributed by atoms with van der Waals surface area (Å²) in [5.74, 6) is -0.344. The predicted octanol–water partition coefficient (Wildman–Crippen LogP) is 4.63. The fraction of sp³-hybridized carbons (Fsp3) is 0.533. The summed E-state index contributed by atoms with van der Waals surface area (Å²) in [4.78, 5) is 28.4. The van der Waals surface area contributed by atoms with Crippen LogP contribution >= 0.6 is 0 Å². The van der Waals surface area contributed by atoms with E-state index in [9.17, 15) is 24.2 Å². The molecule has 0 saturated carbocycles. The number of β-amino-alcohol motifs (C(OH)–C–C–N with tert-alkyl or cyclic N) is 1. The predicted molar refractivity (Wildman–Crippen MR) is 144 cm³/mol. The summed E-state index contributed by atoms with van der Waals surface area (Å²) in [5, 5.41) is 19.5. The summed E-state index contributed by atoms with van der Waals surface area (Å²) in [5.41, 5.74) is 0.826. The number of likely N-dealkylation sites (tertiary alicyclic amines) is 2. The number of aliphatic hydroxyl groups is 1. The molecule has 2 aliphatic rings. The lowest BCUT2D eigenvalue weighted by Gasteiger charge is -2.36. The summed E-state index contributed by atoms with van der Waals surface area (Å²) in [6.45, 7) is 6.73. The number of aliphatic hydroxyl groups excluding tert-OH is 1. The van der Waals surface area contributed by atoms with Gasteiger partial charge in [-0.15, -0.1) is 0 Å². The standard InChI is InChI=1S/C30H39FN2O5/c1-3-30(31,4-2)20-32-15-13-21(14-16-32)19-38-24-11-9-22(10-12-24)25-7-5-6-8-26(25)28(35)33-18-23(34)17-27(33)29(36)37/h5-12,21,23,27,34H,3-4,13-20H2,1-2H3,(H,36,37)/t23-,27+/m1/s1. The fourth-order valence-electron chi connectivity index (χ4n) is 5.48. The van der Waals surface area contributed by atoms with Gasteiger partial charge in [-0.05, 0) is 74.0 Å². The van der Waals surface area contributed by atoms with E-state index in [1.54, 1.807) is 12.1 Å². The molecule has 2 atom stereocenters. The molecule has 2 N–H and O–H groups in total. The quantitative estimate of drug-likeness (QED) is 0.469. The number of hydrogen-bond acceptors (Lipinski definition) is 5. The Morgan fingerprint density at radius 3 is 2.34 bits per heavy atom. The number of aliphatic carboxylic acids is 1. The third kappa shape index (κ3) is 6.53. The molecule has 0 bridgehead atoms. The smallest absolute Gasteiger partial charge is 0.326 e. The zero-order valence-corrected chi connectivity index (χ0v) is 22.3. The first-order valence-electron chi connectivity index (χ1n) is 13.7. The molecule has 2 aliphatic heterocycles. The molecule has 1 amide bonds. The highest BCUT2D eigenvalue weighted by Gasteiger charge is 2.39. The lowest BCUT2D eigenvalue weighted by Crippen LogP contribution is -2.44. The molecule has 206 valence electrons. The SMILES string of the molecule is CCC(F)(CC)CN1CCC(COc2ccc(-c3ccccc3C(=O)N3C[C@H](O)C[C@H]3C(=O)O)cc2)CC1. The normalized spacial score (nSPS) is 21.0. The number of nitrogens with zero attached hydrogens (tertiary/aromatic N) is 2. The van der Waals surface area contributed by atoms with Crippen LogP contribution in [0.5, 0.6) is 5.75 Å². The monoisotopic (exact) mass is 526 g/mol. The van der Waals surface area contributed by atoms with Crippen molar-refractivity contribution in [3.8, 4) is 16.9 Å². The molecule has 0 spiro atoms. The van der Waals surface area contributed by atoms with Gasteiger partial charge >= 0.3 is 5.97 Å². The van der Waals surface area contributed by atoms with E-state index in [1.165, 1.54) is 4.90 Å². The molecular formula is C30H39FN2O5. The first-order valence-corrected chi connectivity index (χ1v) is 13.7. The second-order valence-electron chi connectivity index (χ2n) is 10.7. The molecule has 7 nitrogen and oxygen atoms in total. The average Bonchev–Trinajstić information content (AvgIpc) is 3.34. The summed E-state index contributed by atoms with van der Waals surface area (Å²) in [6.07, 6.45) is 2.25. The lowest BCUT2D eigenvalue weighted by molar-refractivity contribution is -0.141. The Balaban J connectivity index is 1.35. The molecule has 2 fully saturated rings. The Kier molecular flexibility index (Phi) is 9.05. The Morgan fingerprint density at radius 1 is 1.05 bits per heavy atom. The van der Waals surface area contributed by atoms with E-state index < -0.39 is 29.7 Å². The van der Waals surface area contributed by atoms with E-state index >= 15 is 0 Å². The molecule has 8 heteroatoms. The van der Waals surface area contributed by atoms with Gasteiger partial charge in [-0.25, -0.2) is 9.18 Å². The number of carbonyl (C=O) groups excluding carboxylic acids is 1. The van der Waals surface area contributed by atoms with E-state index in [2.05, 4.69) is 4.90 Å². The minimum Gasteiger partial charge on any atom is -0.493 e. The Labute approximate surface area is 224 Å². The van der Waals surface area contributed by atoms with E-state index in [0.717, 1.165) is 37.2 Å². The zero-order chi connectivity index (χ0) is 27.3. The van der Waals surface area contributed by atoms with Crippen molar-refractivity contribution in [2.75, 3.05) is 32.8 Å². The van der Waals surface area contributed by atoms with Gasteiger partial charge in [0.15, 0.2) is 0 Å². The molecule has 38 heavy (non-hydrogen) atoms. The number of piperidine rings is 1. The average molecular weight is 527 g/mol. The van der Waals surface area contributed by atoms with Crippen LogP contribution in [0.1, 0.15) is 56.3 Å². The Morgan fingerprint density at radius 2 is 1.71 bits per heavy atom. The third-order valence-corrected chi connectivity index (χ3v) is 8.11. The Bertz CT molecular complexity index is 1100. The fourth-order valence-corrected chi connectivity index (χ4v) is 5.48. The van der Waals surface area contributed by atoms with Gasteiger partial charge in [0.05, 0.1) is 12.7 Å². The maximum absolute atomic E-state index is 14.7. The number of carboxylic acids is 1. The number of benzene rings is 2. The molecule has 0 radical (unpaired) electrons. The van der Waals surface area contributed by atoms with E-state index in [-0.39, 0.29) is 13.0 Å².